The first-order valence-corrected chi connectivity index (χ1v) is 2.21. The van der Waals surface area contributed by atoms with Crippen molar-refractivity contribution in [3.8, 4) is 0 Å². The van der Waals surface area contributed by atoms with Crippen LogP contribution in [0.4, 0.5) is 0 Å². The lowest BCUT2D eigenvalue weighted by Crippen LogP contribution is -2.29. The monoisotopic (exact) mass is 84.1 g/mol. The molecule has 1 rings (SSSR count). The molecule has 0 bridgehead atoms. The van der Waals surface area contributed by atoms with Crippen molar-refractivity contribution < 1.29 is 0 Å². The molecule has 0 amide bonds. The van der Waals surface area contributed by atoms with Gasteiger partial charge in [0.05, 0.1) is 12.3 Å². The molecular weight excluding hydrogens is 76.1 g/mol. The highest BCUT2D eigenvalue weighted by Crippen LogP contribution is 1.88. The fraction of sp³-hybridized carbons (Fsp3) is 0.750. The fourth-order valence-electron chi connectivity index (χ4n) is 0.395. The number of hydrogen-bond donors (Lipinski definition) is 1. The van der Waals surface area contributed by atoms with Crippen LogP contribution in [0.1, 0.15) is 13.3 Å². The van der Waals surface area contributed by atoms with Gasteiger partial charge in [-0.3, -0.25) is 0 Å². The molecule has 1 N–H and O–H groups in total. The second-order valence-corrected chi connectivity index (χ2v) is 1.37. The van der Waals surface area contributed by atoms with Crippen molar-refractivity contribution in [2.75, 3.05) is 6.54 Å². The van der Waals surface area contributed by atoms with E-state index in [1.165, 1.54) is 5.71 Å². The fourth-order valence-corrected chi connectivity index (χ4v) is 0.395. The summed E-state index contributed by atoms with van der Waals surface area (Å²) in [6.45, 7) is 3.12. The molecule has 0 saturated carbocycles. The van der Waals surface area contributed by atoms with E-state index in [9.17, 15) is 0 Å². The van der Waals surface area contributed by atoms with Gasteiger partial charge in [0.1, 0.15) is 0 Å². The Balaban J connectivity index is 2.32. The van der Waals surface area contributed by atoms with E-state index in [1.54, 1.807) is 0 Å². The van der Waals surface area contributed by atoms with E-state index in [0.29, 0.717) is 0 Å². The lowest BCUT2D eigenvalue weighted by atomic mass is 10.3. The lowest BCUT2D eigenvalue weighted by Gasteiger charge is -2.11. The van der Waals surface area contributed by atoms with Gasteiger partial charge in [0.15, 0.2) is 0 Å². The summed E-state index contributed by atoms with van der Waals surface area (Å²) in [6.07, 6.45) is 1.10. The third-order valence-electron chi connectivity index (χ3n) is 0.928. The number of nitrogens with zero attached hydrogens (tertiary/aromatic N) is 1. The van der Waals surface area contributed by atoms with Gasteiger partial charge in [0.25, 0.3) is 0 Å². The Morgan fingerprint density at radius 1 is 2.00 bits per heavy atom. The number of nitrogens with one attached hydrogen (secondary N) is 1. The van der Waals surface area contributed by atoms with Crippen LogP contribution in [0.5, 0.6) is 0 Å². The van der Waals surface area contributed by atoms with Crippen LogP contribution in [-0.4, -0.2) is 12.3 Å². The zero-order chi connectivity index (χ0) is 4.41. The first kappa shape index (κ1) is 3.65. The van der Waals surface area contributed by atoms with Crippen LogP contribution in [0, 0.1) is 0 Å². The maximum atomic E-state index is 3.85. The second-order valence-electron chi connectivity index (χ2n) is 1.37. The average molecular weight is 84.1 g/mol. The molecule has 1 aliphatic rings. The SMILES string of the molecule is CCC1=NNC1. The standard InChI is InChI=1S/C4H8N2/c1-2-4-3-5-6-4/h5H,2-3H2,1H3. The number of rotatable bonds is 1. The van der Waals surface area contributed by atoms with Gasteiger partial charge in [-0.2, -0.15) is 5.10 Å². The highest BCUT2D eigenvalue weighted by Gasteiger charge is 2.00. The van der Waals surface area contributed by atoms with Crippen molar-refractivity contribution in [3.05, 3.63) is 0 Å². The lowest BCUT2D eigenvalue weighted by molar-refractivity contribution is 0.752. The molecule has 0 aliphatic carbocycles. The number of hydrogen-bond acceptors (Lipinski definition) is 2. The van der Waals surface area contributed by atoms with E-state index in [4.69, 9.17) is 0 Å². The minimum absolute atomic E-state index is 1.01. The largest absolute Gasteiger partial charge is 0.304 e. The van der Waals surface area contributed by atoms with Gasteiger partial charge in [0, 0.05) is 0 Å². The topological polar surface area (TPSA) is 24.4 Å². The molecule has 1 heterocycles. The van der Waals surface area contributed by atoms with Gasteiger partial charge < -0.3 is 5.43 Å². The Morgan fingerprint density at radius 3 is 2.67 bits per heavy atom. The van der Waals surface area contributed by atoms with Crippen LogP contribution in [0.25, 0.3) is 0 Å². The predicted octanol–water partition coefficient (Wildman–Crippen LogP) is 0.356. The Bertz CT molecular complexity index is 75.6. The average Bonchev–Trinajstić information content (AvgIpc) is 1.31. The molecular formula is C4H8N2. The predicted molar refractivity (Wildman–Crippen MR) is 25.7 cm³/mol. The summed E-state index contributed by atoms with van der Waals surface area (Å²) in [4.78, 5) is 0. The molecule has 2 heteroatoms. The smallest absolute Gasteiger partial charge is 0.0730 e. The summed E-state index contributed by atoms with van der Waals surface area (Å²) in [5.74, 6) is 0. The minimum Gasteiger partial charge on any atom is -0.304 e. The quantitative estimate of drug-likeness (QED) is 0.487. The molecule has 0 aromatic heterocycles. The van der Waals surface area contributed by atoms with Crippen LogP contribution in [-0.2, 0) is 0 Å². The molecule has 0 atom stereocenters. The highest BCUT2D eigenvalue weighted by atomic mass is 15.3. The molecule has 0 unspecified atom stereocenters. The molecule has 0 aromatic carbocycles. The summed E-state index contributed by atoms with van der Waals surface area (Å²) in [5, 5.41) is 3.85. The third kappa shape index (κ3) is 0.379. The highest BCUT2D eigenvalue weighted by molar-refractivity contribution is 5.88. The third-order valence-corrected chi connectivity index (χ3v) is 0.928. The summed E-state index contributed by atoms with van der Waals surface area (Å²) in [6, 6.07) is 0. The molecule has 0 spiro atoms. The van der Waals surface area contributed by atoms with Gasteiger partial charge in [-0.05, 0) is 6.42 Å². The number of hydrazone groups is 1. The van der Waals surface area contributed by atoms with E-state index in [-0.39, 0.29) is 0 Å². The Morgan fingerprint density at radius 2 is 2.67 bits per heavy atom. The Kier molecular flexibility index (Phi) is 0.783. The molecule has 34 valence electrons. The molecule has 2 nitrogen and oxygen atoms in total. The Hall–Kier alpha value is -0.530. The normalized spacial score (nSPS) is 17.8. The van der Waals surface area contributed by atoms with E-state index >= 15 is 0 Å². The minimum atomic E-state index is 1.01. The molecule has 0 aromatic rings. The first-order chi connectivity index (χ1) is 2.93. The summed E-state index contributed by atoms with van der Waals surface area (Å²) < 4.78 is 0. The Labute approximate surface area is 37.2 Å². The van der Waals surface area contributed by atoms with Gasteiger partial charge in [-0.1, -0.05) is 6.92 Å². The maximum Gasteiger partial charge on any atom is 0.0730 e. The van der Waals surface area contributed by atoms with Crippen LogP contribution >= 0.6 is 0 Å². The molecule has 1 aliphatic heterocycles. The molecule has 0 saturated heterocycles. The van der Waals surface area contributed by atoms with Crippen LogP contribution in [0.3, 0.4) is 0 Å². The zero-order valence-electron chi connectivity index (χ0n) is 3.86. The van der Waals surface area contributed by atoms with Crippen molar-refractivity contribution in [3.63, 3.8) is 0 Å². The van der Waals surface area contributed by atoms with Crippen molar-refractivity contribution in [2.45, 2.75) is 13.3 Å². The van der Waals surface area contributed by atoms with Crippen molar-refractivity contribution in [1.82, 2.24) is 5.43 Å². The summed E-state index contributed by atoms with van der Waals surface area (Å²) in [5.41, 5.74) is 4.09. The van der Waals surface area contributed by atoms with Crippen molar-refractivity contribution in [2.24, 2.45) is 5.10 Å². The van der Waals surface area contributed by atoms with Gasteiger partial charge in [0.2, 0.25) is 0 Å². The van der Waals surface area contributed by atoms with E-state index in [0.717, 1.165) is 13.0 Å². The van der Waals surface area contributed by atoms with Gasteiger partial charge in [-0.15, -0.1) is 0 Å². The first-order valence-electron chi connectivity index (χ1n) is 2.21. The van der Waals surface area contributed by atoms with Gasteiger partial charge in [-0.25, -0.2) is 0 Å². The van der Waals surface area contributed by atoms with Crippen LogP contribution < -0.4 is 5.43 Å². The van der Waals surface area contributed by atoms with Crippen LogP contribution in [0.2, 0.25) is 0 Å². The molecule has 6 heavy (non-hydrogen) atoms. The van der Waals surface area contributed by atoms with Crippen molar-refractivity contribution >= 4 is 5.71 Å². The van der Waals surface area contributed by atoms with Crippen molar-refractivity contribution in [1.29, 1.82) is 0 Å². The molecule has 0 radical (unpaired) electrons. The maximum absolute atomic E-state index is 3.85. The van der Waals surface area contributed by atoms with Gasteiger partial charge >= 0.3 is 0 Å². The van der Waals surface area contributed by atoms with E-state index in [1.807, 2.05) is 0 Å². The van der Waals surface area contributed by atoms with E-state index in [2.05, 4.69) is 17.5 Å². The second kappa shape index (κ2) is 1.29. The molecule has 0 fully saturated rings. The summed E-state index contributed by atoms with van der Waals surface area (Å²) >= 11 is 0. The zero-order valence-corrected chi connectivity index (χ0v) is 3.86. The van der Waals surface area contributed by atoms with E-state index < -0.39 is 0 Å². The summed E-state index contributed by atoms with van der Waals surface area (Å²) in [7, 11) is 0. The van der Waals surface area contributed by atoms with Crippen LogP contribution in [0.15, 0.2) is 5.10 Å².